The molecule has 0 saturated carbocycles. The maximum atomic E-state index is 12.9. The number of aryl methyl sites for hydroxylation is 1. The van der Waals surface area contributed by atoms with Crippen LogP contribution >= 0.6 is 11.6 Å². The fraction of sp³-hybridized carbons (Fsp3) is 0.211. The third-order valence-electron chi connectivity index (χ3n) is 3.53. The quantitative estimate of drug-likeness (QED) is 0.662. The second kappa shape index (κ2) is 6.09. The van der Waals surface area contributed by atoms with Gasteiger partial charge < -0.3 is 9.15 Å². The Kier molecular flexibility index (Phi) is 4.14. The summed E-state index contributed by atoms with van der Waals surface area (Å²) in [6, 6.07) is 12.8. The van der Waals surface area contributed by atoms with Gasteiger partial charge in [0.05, 0.1) is 22.1 Å². The lowest BCUT2D eigenvalue weighted by atomic mass is 10.0. The van der Waals surface area contributed by atoms with Crippen LogP contribution in [0.2, 0.25) is 5.02 Å². The van der Waals surface area contributed by atoms with E-state index in [9.17, 15) is 4.79 Å². The van der Waals surface area contributed by atoms with Crippen molar-refractivity contribution >= 4 is 22.6 Å². The fourth-order valence-corrected chi connectivity index (χ4v) is 2.93. The van der Waals surface area contributed by atoms with Crippen LogP contribution in [0.5, 0.6) is 5.75 Å². The molecule has 1 heterocycles. The molecule has 0 spiro atoms. The molecule has 1 aromatic heterocycles. The summed E-state index contributed by atoms with van der Waals surface area (Å²) in [5, 5.41) is 0.719. The summed E-state index contributed by atoms with van der Waals surface area (Å²) in [4.78, 5) is 12.9. The Hall–Kier alpha value is -2.26. The Labute approximate surface area is 139 Å². The second-order valence-corrected chi connectivity index (χ2v) is 6.08. The van der Waals surface area contributed by atoms with Crippen molar-refractivity contribution in [2.75, 3.05) is 0 Å². The average molecular weight is 329 g/mol. The van der Waals surface area contributed by atoms with Gasteiger partial charge in [-0.05, 0) is 32.4 Å². The van der Waals surface area contributed by atoms with Crippen LogP contribution < -0.4 is 10.2 Å². The molecule has 23 heavy (non-hydrogen) atoms. The van der Waals surface area contributed by atoms with Gasteiger partial charge in [0, 0.05) is 6.07 Å². The molecule has 0 aliphatic carbocycles. The van der Waals surface area contributed by atoms with Crippen molar-refractivity contribution in [1.29, 1.82) is 0 Å². The number of rotatable bonds is 3. The molecule has 0 aliphatic heterocycles. The largest absolute Gasteiger partial charge is 0.491 e. The van der Waals surface area contributed by atoms with E-state index in [0.29, 0.717) is 33.1 Å². The van der Waals surface area contributed by atoms with Gasteiger partial charge in [0.1, 0.15) is 17.1 Å². The minimum absolute atomic E-state index is 0.0138. The van der Waals surface area contributed by atoms with Crippen molar-refractivity contribution in [2.24, 2.45) is 0 Å². The average Bonchev–Trinajstić information content (AvgIpc) is 2.46. The van der Waals surface area contributed by atoms with Gasteiger partial charge in [-0.25, -0.2) is 0 Å². The van der Waals surface area contributed by atoms with Gasteiger partial charge in [-0.1, -0.05) is 41.9 Å². The zero-order chi connectivity index (χ0) is 16.6. The minimum Gasteiger partial charge on any atom is -0.491 e. The van der Waals surface area contributed by atoms with Crippen molar-refractivity contribution < 1.29 is 9.15 Å². The summed E-state index contributed by atoms with van der Waals surface area (Å²) in [7, 11) is 0. The Morgan fingerprint density at radius 3 is 2.48 bits per heavy atom. The third kappa shape index (κ3) is 2.97. The number of benzene rings is 2. The summed E-state index contributed by atoms with van der Waals surface area (Å²) < 4.78 is 11.5. The molecule has 3 aromatic rings. The van der Waals surface area contributed by atoms with E-state index in [1.54, 1.807) is 19.1 Å². The van der Waals surface area contributed by atoms with Gasteiger partial charge in [-0.2, -0.15) is 0 Å². The van der Waals surface area contributed by atoms with E-state index in [2.05, 4.69) is 0 Å². The molecule has 118 valence electrons. The molecular weight excluding hydrogens is 312 g/mol. The maximum absolute atomic E-state index is 12.9. The molecule has 3 nitrogen and oxygen atoms in total. The van der Waals surface area contributed by atoms with Gasteiger partial charge >= 0.3 is 0 Å². The number of hydrogen-bond donors (Lipinski definition) is 0. The standard InChI is InChI=1S/C19H17ClO3/c1-11(2)22-14-9-15(20)18-16(10-14)23-12(3)17(19(18)21)13-7-5-4-6-8-13/h4-11H,1-3H3. The van der Waals surface area contributed by atoms with E-state index in [4.69, 9.17) is 20.8 Å². The van der Waals surface area contributed by atoms with Gasteiger partial charge in [0.15, 0.2) is 0 Å². The maximum Gasteiger partial charge on any atom is 0.202 e. The smallest absolute Gasteiger partial charge is 0.202 e. The zero-order valence-corrected chi connectivity index (χ0v) is 14.0. The molecule has 0 radical (unpaired) electrons. The van der Waals surface area contributed by atoms with Crippen molar-refractivity contribution in [3.05, 3.63) is 63.5 Å². The van der Waals surface area contributed by atoms with E-state index < -0.39 is 0 Å². The Morgan fingerprint density at radius 2 is 1.83 bits per heavy atom. The van der Waals surface area contributed by atoms with Crippen LogP contribution in [0.25, 0.3) is 22.1 Å². The van der Waals surface area contributed by atoms with Crippen LogP contribution in [0, 0.1) is 6.92 Å². The Balaban J connectivity index is 2.28. The first kappa shape index (κ1) is 15.6. The van der Waals surface area contributed by atoms with E-state index in [0.717, 1.165) is 5.56 Å². The highest BCUT2D eigenvalue weighted by atomic mass is 35.5. The Morgan fingerprint density at radius 1 is 1.13 bits per heavy atom. The first-order valence-corrected chi connectivity index (χ1v) is 7.84. The minimum atomic E-state index is -0.129. The lowest BCUT2D eigenvalue weighted by molar-refractivity contribution is 0.242. The predicted molar refractivity (Wildman–Crippen MR) is 93.4 cm³/mol. The molecule has 4 heteroatoms. The lowest BCUT2D eigenvalue weighted by Crippen LogP contribution is -2.09. The SMILES string of the molecule is Cc1oc2cc(OC(C)C)cc(Cl)c2c(=O)c1-c1ccccc1. The van der Waals surface area contributed by atoms with Crippen LogP contribution in [-0.2, 0) is 0 Å². The highest BCUT2D eigenvalue weighted by molar-refractivity contribution is 6.35. The molecular formula is C19H17ClO3. The molecule has 3 rings (SSSR count). The van der Waals surface area contributed by atoms with Crippen LogP contribution in [-0.4, -0.2) is 6.10 Å². The van der Waals surface area contributed by atoms with Crippen molar-refractivity contribution in [1.82, 2.24) is 0 Å². The lowest BCUT2D eigenvalue weighted by Gasteiger charge is -2.12. The molecule has 0 atom stereocenters. The van der Waals surface area contributed by atoms with E-state index in [-0.39, 0.29) is 11.5 Å². The van der Waals surface area contributed by atoms with Crippen LogP contribution in [0.1, 0.15) is 19.6 Å². The van der Waals surface area contributed by atoms with Crippen molar-refractivity contribution in [2.45, 2.75) is 26.9 Å². The van der Waals surface area contributed by atoms with Gasteiger partial charge in [0.2, 0.25) is 5.43 Å². The van der Waals surface area contributed by atoms with Gasteiger partial charge in [-0.15, -0.1) is 0 Å². The van der Waals surface area contributed by atoms with E-state index in [1.165, 1.54) is 0 Å². The van der Waals surface area contributed by atoms with Crippen LogP contribution in [0.15, 0.2) is 51.7 Å². The molecule has 0 N–H and O–H groups in total. The Bertz CT molecular complexity index is 911. The van der Waals surface area contributed by atoms with E-state index >= 15 is 0 Å². The van der Waals surface area contributed by atoms with Gasteiger partial charge in [0.25, 0.3) is 0 Å². The normalized spacial score (nSPS) is 11.2. The summed E-state index contributed by atoms with van der Waals surface area (Å²) in [6.07, 6.45) is 0.0138. The zero-order valence-electron chi connectivity index (χ0n) is 13.2. The monoisotopic (exact) mass is 328 g/mol. The summed E-state index contributed by atoms with van der Waals surface area (Å²) >= 11 is 6.32. The van der Waals surface area contributed by atoms with Crippen LogP contribution in [0.3, 0.4) is 0 Å². The molecule has 0 fully saturated rings. The molecule has 2 aromatic carbocycles. The second-order valence-electron chi connectivity index (χ2n) is 5.67. The topological polar surface area (TPSA) is 39.4 Å². The first-order valence-electron chi connectivity index (χ1n) is 7.46. The highest BCUT2D eigenvalue weighted by Gasteiger charge is 2.17. The fourth-order valence-electron chi connectivity index (χ4n) is 2.64. The van der Waals surface area contributed by atoms with Crippen LogP contribution in [0.4, 0.5) is 0 Å². The number of halogens is 1. The first-order chi connectivity index (χ1) is 11.0. The number of hydrogen-bond acceptors (Lipinski definition) is 3. The third-order valence-corrected chi connectivity index (χ3v) is 3.83. The molecule has 0 unspecified atom stereocenters. The number of fused-ring (bicyclic) bond motifs is 1. The predicted octanol–water partition coefficient (Wildman–Crippen LogP) is 5.21. The number of ether oxygens (including phenoxy) is 1. The summed E-state index contributed by atoms with van der Waals surface area (Å²) in [6.45, 7) is 5.64. The molecule has 0 bridgehead atoms. The molecule has 0 saturated heterocycles. The van der Waals surface area contributed by atoms with Gasteiger partial charge in [-0.3, -0.25) is 4.79 Å². The molecule has 0 aliphatic rings. The highest BCUT2D eigenvalue weighted by Crippen LogP contribution is 2.31. The van der Waals surface area contributed by atoms with Crippen molar-refractivity contribution in [3.8, 4) is 16.9 Å². The van der Waals surface area contributed by atoms with Crippen molar-refractivity contribution in [3.63, 3.8) is 0 Å². The van der Waals surface area contributed by atoms with E-state index in [1.807, 2.05) is 44.2 Å². The summed E-state index contributed by atoms with van der Waals surface area (Å²) in [5.74, 6) is 1.15. The molecule has 0 amide bonds. The summed E-state index contributed by atoms with van der Waals surface area (Å²) in [5.41, 5.74) is 1.67.